The summed E-state index contributed by atoms with van der Waals surface area (Å²) in [6, 6.07) is 14.0. The van der Waals surface area contributed by atoms with Crippen molar-refractivity contribution >= 4 is 32.6 Å². The zero-order valence-corrected chi connectivity index (χ0v) is 16.5. The van der Waals surface area contributed by atoms with Crippen LogP contribution in [0.5, 0.6) is 0 Å². The van der Waals surface area contributed by atoms with E-state index in [0.717, 1.165) is 40.0 Å². The molecular formula is C21H19N5OS. The number of carbonyl (C=O) groups excluding carboxylic acids is 1. The highest BCUT2D eigenvalue weighted by molar-refractivity contribution is 7.22. The fourth-order valence-corrected chi connectivity index (χ4v) is 4.55. The predicted molar refractivity (Wildman–Crippen MR) is 110 cm³/mol. The van der Waals surface area contributed by atoms with E-state index in [4.69, 9.17) is 0 Å². The molecule has 7 heteroatoms. The van der Waals surface area contributed by atoms with Gasteiger partial charge in [-0.05, 0) is 56.0 Å². The maximum absolute atomic E-state index is 13.0. The molecular weight excluding hydrogens is 370 g/mol. The van der Waals surface area contributed by atoms with Gasteiger partial charge in [0, 0.05) is 5.92 Å². The number of hydrogen-bond acceptors (Lipinski definition) is 5. The number of benzene rings is 2. The summed E-state index contributed by atoms with van der Waals surface area (Å²) in [5, 5.41) is 12.0. The highest BCUT2D eigenvalue weighted by Crippen LogP contribution is 2.42. The molecule has 1 aliphatic rings. The fourth-order valence-electron chi connectivity index (χ4n) is 3.51. The number of thiazole rings is 1. The molecule has 0 saturated heterocycles. The molecule has 2 heterocycles. The fraction of sp³-hybridized carbons (Fsp3) is 0.238. The van der Waals surface area contributed by atoms with Crippen LogP contribution in [-0.2, 0) is 0 Å². The van der Waals surface area contributed by atoms with Crippen molar-refractivity contribution in [1.82, 2.24) is 20.0 Å². The lowest BCUT2D eigenvalue weighted by molar-refractivity contribution is 0.102. The lowest BCUT2D eigenvalue weighted by atomic mass is 10.1. The number of aryl methyl sites for hydroxylation is 2. The third-order valence-corrected chi connectivity index (χ3v) is 5.85. The number of amides is 1. The van der Waals surface area contributed by atoms with Crippen molar-refractivity contribution in [2.75, 3.05) is 5.32 Å². The topological polar surface area (TPSA) is 72.7 Å². The Morgan fingerprint density at radius 3 is 2.71 bits per heavy atom. The number of nitrogens with one attached hydrogen (secondary N) is 1. The van der Waals surface area contributed by atoms with Crippen LogP contribution in [-0.4, -0.2) is 25.9 Å². The molecule has 28 heavy (non-hydrogen) atoms. The van der Waals surface area contributed by atoms with Crippen LogP contribution in [0.1, 0.15) is 46.1 Å². The number of aromatic nitrogens is 4. The molecule has 0 bridgehead atoms. The van der Waals surface area contributed by atoms with Gasteiger partial charge in [0.05, 0.1) is 21.6 Å². The minimum Gasteiger partial charge on any atom is -0.296 e. The first-order valence-corrected chi connectivity index (χ1v) is 10.1. The lowest BCUT2D eigenvalue weighted by Gasteiger charge is -2.06. The first-order chi connectivity index (χ1) is 13.6. The molecule has 1 amide bonds. The molecule has 140 valence electrons. The summed E-state index contributed by atoms with van der Waals surface area (Å²) in [6.07, 6.45) is 2.11. The van der Waals surface area contributed by atoms with Crippen LogP contribution in [0.15, 0.2) is 42.5 Å². The van der Waals surface area contributed by atoms with E-state index < -0.39 is 0 Å². The van der Waals surface area contributed by atoms with Crippen LogP contribution in [0.4, 0.5) is 5.13 Å². The molecule has 2 aromatic carbocycles. The normalized spacial score (nSPS) is 13.8. The van der Waals surface area contributed by atoms with E-state index in [9.17, 15) is 4.79 Å². The zero-order valence-electron chi connectivity index (χ0n) is 15.6. The van der Waals surface area contributed by atoms with Crippen molar-refractivity contribution in [2.24, 2.45) is 0 Å². The van der Waals surface area contributed by atoms with Gasteiger partial charge in [0.1, 0.15) is 0 Å². The van der Waals surface area contributed by atoms with Crippen molar-refractivity contribution in [3.63, 3.8) is 0 Å². The van der Waals surface area contributed by atoms with Crippen molar-refractivity contribution in [2.45, 2.75) is 32.6 Å². The van der Waals surface area contributed by atoms with Crippen LogP contribution < -0.4 is 5.32 Å². The monoisotopic (exact) mass is 389 g/mol. The SMILES string of the molecule is Cc1cc(C)c2nc(NC(=O)c3nnn(-c4ccccc4)c3C3CC3)sc2c1. The molecule has 2 aromatic heterocycles. The maximum Gasteiger partial charge on any atom is 0.279 e. The molecule has 4 aromatic rings. The average molecular weight is 389 g/mol. The van der Waals surface area contributed by atoms with Gasteiger partial charge in [-0.1, -0.05) is 40.8 Å². The van der Waals surface area contributed by atoms with Crippen molar-refractivity contribution in [1.29, 1.82) is 0 Å². The summed E-state index contributed by atoms with van der Waals surface area (Å²) in [4.78, 5) is 17.6. The van der Waals surface area contributed by atoms with E-state index >= 15 is 0 Å². The first kappa shape index (κ1) is 17.1. The summed E-state index contributed by atoms with van der Waals surface area (Å²) in [5.74, 6) is 0.0775. The Kier molecular flexibility index (Phi) is 3.98. The van der Waals surface area contributed by atoms with E-state index in [1.807, 2.05) is 37.3 Å². The molecule has 1 aliphatic carbocycles. The van der Waals surface area contributed by atoms with Crippen LogP contribution in [0, 0.1) is 13.8 Å². The predicted octanol–water partition coefficient (Wildman–Crippen LogP) is 4.62. The van der Waals surface area contributed by atoms with Crippen molar-refractivity contribution < 1.29 is 4.79 Å². The minimum atomic E-state index is -0.252. The van der Waals surface area contributed by atoms with Gasteiger partial charge in [0.2, 0.25) is 0 Å². The van der Waals surface area contributed by atoms with Gasteiger partial charge in [-0.15, -0.1) is 5.10 Å². The summed E-state index contributed by atoms with van der Waals surface area (Å²) >= 11 is 1.48. The Morgan fingerprint density at radius 2 is 1.96 bits per heavy atom. The number of anilines is 1. The summed E-state index contributed by atoms with van der Waals surface area (Å²) in [5.41, 5.74) is 5.42. The Morgan fingerprint density at radius 1 is 1.18 bits per heavy atom. The van der Waals surface area contributed by atoms with Crippen LogP contribution >= 0.6 is 11.3 Å². The van der Waals surface area contributed by atoms with E-state index in [2.05, 4.69) is 39.7 Å². The number of hydrogen-bond donors (Lipinski definition) is 1. The standard InChI is InChI=1S/C21H19N5OS/c1-12-10-13(2)17-16(11-12)28-21(22-17)23-20(27)18-19(14-8-9-14)26(25-24-18)15-6-4-3-5-7-15/h3-7,10-11,14H,8-9H2,1-2H3,(H,22,23,27). The summed E-state index contributed by atoms with van der Waals surface area (Å²) < 4.78 is 2.86. The molecule has 0 spiro atoms. The number of rotatable bonds is 4. The zero-order chi connectivity index (χ0) is 19.3. The molecule has 1 fully saturated rings. The highest BCUT2D eigenvalue weighted by Gasteiger charge is 2.34. The molecule has 0 unspecified atom stereocenters. The van der Waals surface area contributed by atoms with Gasteiger partial charge >= 0.3 is 0 Å². The second-order valence-electron chi connectivity index (χ2n) is 7.25. The quantitative estimate of drug-likeness (QED) is 0.553. The summed E-state index contributed by atoms with van der Waals surface area (Å²) in [7, 11) is 0. The van der Waals surface area contributed by atoms with Crippen molar-refractivity contribution in [3.05, 3.63) is 65.0 Å². The lowest BCUT2D eigenvalue weighted by Crippen LogP contribution is -2.15. The number of carbonyl (C=O) groups is 1. The Balaban J connectivity index is 1.49. The molecule has 6 nitrogen and oxygen atoms in total. The largest absolute Gasteiger partial charge is 0.296 e. The summed E-state index contributed by atoms with van der Waals surface area (Å²) in [6.45, 7) is 4.10. The van der Waals surface area contributed by atoms with Crippen LogP contribution in [0.2, 0.25) is 0 Å². The highest BCUT2D eigenvalue weighted by atomic mass is 32.1. The van der Waals surface area contributed by atoms with Crippen LogP contribution in [0.25, 0.3) is 15.9 Å². The second-order valence-corrected chi connectivity index (χ2v) is 8.28. The van der Waals surface area contributed by atoms with Gasteiger partial charge in [-0.2, -0.15) is 0 Å². The molecule has 1 N–H and O–H groups in total. The second kappa shape index (κ2) is 6.53. The van der Waals surface area contributed by atoms with Gasteiger partial charge in [0.25, 0.3) is 5.91 Å². The van der Waals surface area contributed by atoms with Crippen LogP contribution in [0.3, 0.4) is 0 Å². The van der Waals surface area contributed by atoms with E-state index in [1.54, 1.807) is 4.68 Å². The maximum atomic E-state index is 13.0. The Bertz CT molecular complexity index is 1190. The average Bonchev–Trinajstić information content (AvgIpc) is 3.28. The number of nitrogens with zero attached hydrogens (tertiary/aromatic N) is 4. The van der Waals surface area contributed by atoms with Gasteiger partial charge in [-0.25, -0.2) is 9.67 Å². The van der Waals surface area contributed by atoms with Gasteiger partial charge in [0.15, 0.2) is 10.8 Å². The molecule has 1 saturated carbocycles. The van der Waals surface area contributed by atoms with Gasteiger partial charge < -0.3 is 0 Å². The van der Waals surface area contributed by atoms with E-state index in [-0.39, 0.29) is 5.91 Å². The smallest absolute Gasteiger partial charge is 0.279 e. The Hall–Kier alpha value is -3.06. The number of fused-ring (bicyclic) bond motifs is 1. The third-order valence-electron chi connectivity index (χ3n) is 4.94. The minimum absolute atomic E-state index is 0.252. The first-order valence-electron chi connectivity index (χ1n) is 9.30. The van der Waals surface area contributed by atoms with E-state index in [0.29, 0.717) is 16.7 Å². The number of para-hydroxylation sites is 1. The van der Waals surface area contributed by atoms with Gasteiger partial charge in [-0.3, -0.25) is 10.1 Å². The molecule has 0 atom stereocenters. The van der Waals surface area contributed by atoms with Crippen molar-refractivity contribution in [3.8, 4) is 5.69 Å². The van der Waals surface area contributed by atoms with E-state index in [1.165, 1.54) is 16.9 Å². The Labute approximate surface area is 166 Å². The third kappa shape index (κ3) is 2.97. The molecule has 0 radical (unpaired) electrons. The molecule has 5 rings (SSSR count). The molecule has 0 aliphatic heterocycles.